The Bertz CT molecular complexity index is 229. The van der Waals surface area contributed by atoms with Gasteiger partial charge >= 0.3 is 5.97 Å². The number of aliphatic hydroxyl groups is 1. The van der Waals surface area contributed by atoms with E-state index in [0.717, 1.165) is 12.8 Å². The minimum Gasteiger partial charge on any atom is -0.469 e. The zero-order valence-corrected chi connectivity index (χ0v) is 11.2. The van der Waals surface area contributed by atoms with Crippen molar-refractivity contribution in [3.8, 4) is 0 Å². The summed E-state index contributed by atoms with van der Waals surface area (Å²) in [6.45, 7) is 1.34. The molecule has 1 aliphatic carbocycles. The van der Waals surface area contributed by atoms with Gasteiger partial charge in [-0.05, 0) is 12.8 Å². The minimum absolute atomic E-state index is 0.240. The highest BCUT2D eigenvalue weighted by molar-refractivity contribution is 5.69. The molecule has 0 aromatic carbocycles. The summed E-state index contributed by atoms with van der Waals surface area (Å²) in [5.41, 5.74) is 0. The molecule has 0 bridgehead atoms. The third kappa shape index (κ3) is 6.93. The van der Waals surface area contributed by atoms with Gasteiger partial charge in [0.1, 0.15) is 0 Å². The van der Waals surface area contributed by atoms with Crippen LogP contribution in [0.2, 0.25) is 0 Å². The van der Waals surface area contributed by atoms with Gasteiger partial charge in [-0.1, -0.05) is 19.3 Å². The van der Waals surface area contributed by atoms with Crippen molar-refractivity contribution < 1.29 is 19.4 Å². The van der Waals surface area contributed by atoms with Crippen LogP contribution in [0.5, 0.6) is 0 Å². The maximum Gasteiger partial charge on any atom is 0.306 e. The van der Waals surface area contributed by atoms with Gasteiger partial charge in [0, 0.05) is 13.1 Å². The largest absolute Gasteiger partial charge is 0.469 e. The molecule has 0 saturated heterocycles. The number of aliphatic hydroxyl groups excluding tert-OH is 1. The molecule has 0 aromatic heterocycles. The van der Waals surface area contributed by atoms with Gasteiger partial charge < -0.3 is 19.9 Å². The third-order valence-electron chi connectivity index (χ3n) is 3.19. The lowest BCUT2D eigenvalue weighted by atomic mass is 9.98. The molecule has 106 valence electrons. The number of ether oxygens (including phenoxy) is 2. The first-order valence-corrected chi connectivity index (χ1v) is 6.79. The molecule has 2 N–H and O–H groups in total. The SMILES string of the molecule is COC(=O)CCNCC(O)COC1CCCCC1. The van der Waals surface area contributed by atoms with Crippen molar-refractivity contribution in [2.45, 2.75) is 50.7 Å². The van der Waals surface area contributed by atoms with E-state index < -0.39 is 6.10 Å². The lowest BCUT2D eigenvalue weighted by Crippen LogP contribution is -2.33. The predicted octanol–water partition coefficient (Wildman–Crippen LogP) is 0.849. The van der Waals surface area contributed by atoms with E-state index in [1.165, 1.54) is 26.4 Å². The van der Waals surface area contributed by atoms with Crippen LogP contribution in [0.15, 0.2) is 0 Å². The van der Waals surface area contributed by atoms with E-state index in [-0.39, 0.29) is 5.97 Å². The van der Waals surface area contributed by atoms with E-state index in [1.54, 1.807) is 0 Å². The van der Waals surface area contributed by atoms with Crippen molar-refractivity contribution in [3.63, 3.8) is 0 Å². The Morgan fingerprint density at radius 1 is 1.39 bits per heavy atom. The summed E-state index contributed by atoms with van der Waals surface area (Å²) in [6.07, 6.45) is 6.14. The monoisotopic (exact) mass is 259 g/mol. The fourth-order valence-electron chi connectivity index (χ4n) is 2.10. The molecule has 1 aliphatic rings. The Morgan fingerprint density at radius 3 is 2.78 bits per heavy atom. The summed E-state index contributed by atoms with van der Waals surface area (Å²) >= 11 is 0. The van der Waals surface area contributed by atoms with Crippen LogP contribution in [0.25, 0.3) is 0 Å². The topological polar surface area (TPSA) is 67.8 Å². The second-order valence-electron chi connectivity index (χ2n) is 4.78. The molecule has 0 spiro atoms. The predicted molar refractivity (Wildman–Crippen MR) is 68.3 cm³/mol. The van der Waals surface area contributed by atoms with Crippen molar-refractivity contribution in [1.82, 2.24) is 5.32 Å². The number of esters is 1. The Hall–Kier alpha value is -0.650. The summed E-state index contributed by atoms with van der Waals surface area (Å²) in [5, 5.41) is 12.7. The van der Waals surface area contributed by atoms with Gasteiger partial charge in [0.2, 0.25) is 0 Å². The van der Waals surface area contributed by atoms with E-state index >= 15 is 0 Å². The maximum absolute atomic E-state index is 10.8. The summed E-state index contributed by atoms with van der Waals surface area (Å²) in [6, 6.07) is 0. The van der Waals surface area contributed by atoms with Crippen LogP contribution in [0.3, 0.4) is 0 Å². The van der Waals surface area contributed by atoms with Gasteiger partial charge in [0.15, 0.2) is 0 Å². The van der Waals surface area contributed by atoms with Crippen molar-refractivity contribution >= 4 is 5.97 Å². The van der Waals surface area contributed by atoms with Crippen LogP contribution in [-0.4, -0.2) is 50.1 Å². The van der Waals surface area contributed by atoms with Crippen molar-refractivity contribution in [2.24, 2.45) is 0 Å². The van der Waals surface area contributed by atoms with Gasteiger partial charge in [-0.3, -0.25) is 4.79 Å². The average molecular weight is 259 g/mol. The molecule has 0 radical (unpaired) electrons. The maximum atomic E-state index is 10.8. The highest BCUT2D eigenvalue weighted by atomic mass is 16.5. The molecule has 0 heterocycles. The first-order chi connectivity index (χ1) is 8.72. The first kappa shape index (κ1) is 15.4. The third-order valence-corrected chi connectivity index (χ3v) is 3.19. The normalized spacial score (nSPS) is 18.6. The number of carbonyl (C=O) groups is 1. The Morgan fingerprint density at radius 2 is 2.11 bits per heavy atom. The van der Waals surface area contributed by atoms with Crippen LogP contribution < -0.4 is 5.32 Å². The Balaban J connectivity index is 1.96. The lowest BCUT2D eigenvalue weighted by molar-refractivity contribution is -0.140. The van der Waals surface area contributed by atoms with Crippen LogP contribution in [0.4, 0.5) is 0 Å². The zero-order valence-electron chi connectivity index (χ0n) is 11.2. The number of hydrogen-bond acceptors (Lipinski definition) is 5. The Labute approximate surface area is 109 Å². The van der Waals surface area contributed by atoms with Gasteiger partial charge in [0.05, 0.1) is 32.3 Å². The molecule has 1 unspecified atom stereocenters. The number of methoxy groups -OCH3 is 1. The molecule has 1 rings (SSSR count). The molecular formula is C13H25NO4. The second-order valence-corrected chi connectivity index (χ2v) is 4.78. The van der Waals surface area contributed by atoms with E-state index in [0.29, 0.717) is 32.2 Å². The van der Waals surface area contributed by atoms with Crippen molar-refractivity contribution in [2.75, 3.05) is 26.8 Å². The summed E-state index contributed by atoms with van der Waals surface area (Å²) in [4.78, 5) is 10.8. The Kier molecular flexibility index (Phi) is 7.96. The highest BCUT2D eigenvalue weighted by Crippen LogP contribution is 2.20. The standard InChI is InChI=1S/C13H25NO4/c1-17-13(16)7-8-14-9-11(15)10-18-12-5-3-2-4-6-12/h11-12,14-15H,2-10H2,1H3. The quantitative estimate of drug-likeness (QED) is 0.499. The van der Waals surface area contributed by atoms with Crippen molar-refractivity contribution in [1.29, 1.82) is 0 Å². The molecule has 0 amide bonds. The first-order valence-electron chi connectivity index (χ1n) is 6.79. The molecule has 0 aromatic rings. The van der Waals surface area contributed by atoms with Crippen LogP contribution in [-0.2, 0) is 14.3 Å². The smallest absolute Gasteiger partial charge is 0.306 e. The van der Waals surface area contributed by atoms with Gasteiger partial charge in [-0.2, -0.15) is 0 Å². The fourth-order valence-corrected chi connectivity index (χ4v) is 2.10. The molecule has 1 fully saturated rings. The van der Waals surface area contributed by atoms with E-state index in [4.69, 9.17) is 4.74 Å². The summed E-state index contributed by atoms with van der Waals surface area (Å²) in [5.74, 6) is -0.240. The molecule has 1 saturated carbocycles. The van der Waals surface area contributed by atoms with Crippen LogP contribution in [0.1, 0.15) is 38.5 Å². The highest BCUT2D eigenvalue weighted by Gasteiger charge is 2.15. The van der Waals surface area contributed by atoms with Gasteiger partial charge in [-0.25, -0.2) is 0 Å². The van der Waals surface area contributed by atoms with E-state index in [1.807, 2.05) is 0 Å². The summed E-state index contributed by atoms with van der Waals surface area (Å²) < 4.78 is 10.2. The van der Waals surface area contributed by atoms with E-state index in [9.17, 15) is 9.90 Å². The van der Waals surface area contributed by atoms with Gasteiger partial charge in [0.25, 0.3) is 0 Å². The lowest BCUT2D eigenvalue weighted by Gasteiger charge is -2.23. The minimum atomic E-state index is -0.510. The molecular weight excluding hydrogens is 234 g/mol. The fraction of sp³-hybridized carbons (Fsp3) is 0.923. The molecule has 1 atom stereocenters. The second kappa shape index (κ2) is 9.30. The number of rotatable bonds is 8. The molecule has 18 heavy (non-hydrogen) atoms. The summed E-state index contributed by atoms with van der Waals surface area (Å²) in [7, 11) is 1.37. The van der Waals surface area contributed by atoms with Crippen LogP contribution in [0, 0.1) is 0 Å². The number of carbonyl (C=O) groups excluding carboxylic acids is 1. The molecule has 0 aliphatic heterocycles. The average Bonchev–Trinajstić information content (AvgIpc) is 2.42. The van der Waals surface area contributed by atoms with Gasteiger partial charge in [-0.15, -0.1) is 0 Å². The van der Waals surface area contributed by atoms with Crippen molar-refractivity contribution in [3.05, 3.63) is 0 Å². The molecule has 5 nitrogen and oxygen atoms in total. The van der Waals surface area contributed by atoms with E-state index in [2.05, 4.69) is 10.1 Å². The zero-order chi connectivity index (χ0) is 13.2. The molecule has 5 heteroatoms. The number of nitrogens with one attached hydrogen (secondary N) is 1. The number of hydrogen-bond donors (Lipinski definition) is 2. The van der Waals surface area contributed by atoms with Crippen LogP contribution >= 0.6 is 0 Å².